The Hall–Kier alpha value is -1.22. The van der Waals surface area contributed by atoms with E-state index in [0.717, 1.165) is 11.1 Å². The van der Waals surface area contributed by atoms with Crippen molar-refractivity contribution >= 4 is 23.2 Å². The second kappa shape index (κ2) is 6.10. The van der Waals surface area contributed by atoms with Crippen LogP contribution in [0.25, 0.3) is 0 Å². The molecule has 0 aliphatic heterocycles. The molecule has 2 aromatic carbocycles. The molecule has 2 rings (SSSR count). The number of halogens is 2. The summed E-state index contributed by atoms with van der Waals surface area (Å²) in [5.74, 6) is 0.624. The lowest BCUT2D eigenvalue weighted by Gasteiger charge is -2.09. The summed E-state index contributed by atoms with van der Waals surface area (Å²) >= 11 is 11.8. The first-order valence-corrected chi connectivity index (χ1v) is 6.30. The topological polar surface area (TPSA) is 35.2 Å². The minimum atomic E-state index is 0.454. The summed E-state index contributed by atoms with van der Waals surface area (Å²) in [6, 6.07) is 13.1. The van der Waals surface area contributed by atoms with Crippen LogP contribution in [0, 0.1) is 0 Å². The molecule has 0 aliphatic carbocycles. The highest BCUT2D eigenvalue weighted by Crippen LogP contribution is 2.28. The van der Waals surface area contributed by atoms with Gasteiger partial charge >= 0.3 is 0 Å². The third-order valence-corrected chi connectivity index (χ3v) is 3.05. The molecule has 0 unspecified atom stereocenters. The van der Waals surface area contributed by atoms with E-state index in [0.29, 0.717) is 28.9 Å². The van der Waals surface area contributed by atoms with Crippen molar-refractivity contribution in [2.75, 3.05) is 0 Å². The molecule has 94 valence electrons. The molecule has 2 N–H and O–H groups in total. The summed E-state index contributed by atoms with van der Waals surface area (Å²) in [6.45, 7) is 0.977. The highest BCUT2D eigenvalue weighted by molar-refractivity contribution is 6.35. The Morgan fingerprint density at radius 2 is 1.78 bits per heavy atom. The van der Waals surface area contributed by atoms with Crippen LogP contribution in [0.3, 0.4) is 0 Å². The van der Waals surface area contributed by atoms with E-state index in [-0.39, 0.29) is 0 Å². The zero-order chi connectivity index (χ0) is 13.0. The quantitative estimate of drug-likeness (QED) is 0.918. The zero-order valence-electron chi connectivity index (χ0n) is 9.70. The monoisotopic (exact) mass is 281 g/mol. The van der Waals surface area contributed by atoms with E-state index in [4.69, 9.17) is 33.7 Å². The van der Waals surface area contributed by atoms with Gasteiger partial charge in [-0.3, -0.25) is 0 Å². The average molecular weight is 282 g/mol. The van der Waals surface area contributed by atoms with Crippen LogP contribution in [0.2, 0.25) is 10.0 Å². The molecule has 0 fully saturated rings. The summed E-state index contributed by atoms with van der Waals surface area (Å²) in [6.07, 6.45) is 0. The molecule has 0 aliphatic rings. The maximum Gasteiger partial charge on any atom is 0.138 e. The molecule has 0 radical (unpaired) electrons. The maximum atomic E-state index is 6.02. The standard InChI is InChI=1S/C14H13Cl2NO/c15-12-4-5-14(13(16)7-12)18-9-11-3-1-2-10(6-11)8-17/h1-7H,8-9,17H2. The van der Waals surface area contributed by atoms with Crippen molar-refractivity contribution in [3.8, 4) is 5.75 Å². The fourth-order valence-electron chi connectivity index (χ4n) is 1.60. The summed E-state index contributed by atoms with van der Waals surface area (Å²) in [7, 11) is 0. The normalized spacial score (nSPS) is 10.4. The van der Waals surface area contributed by atoms with E-state index in [1.54, 1.807) is 18.2 Å². The van der Waals surface area contributed by atoms with Gasteiger partial charge in [-0.2, -0.15) is 0 Å². The fourth-order valence-corrected chi connectivity index (χ4v) is 2.06. The third kappa shape index (κ3) is 3.39. The Morgan fingerprint density at radius 3 is 2.50 bits per heavy atom. The van der Waals surface area contributed by atoms with Crippen LogP contribution in [-0.4, -0.2) is 0 Å². The molecule has 2 aromatic rings. The Bertz CT molecular complexity index is 543. The van der Waals surface area contributed by atoms with Gasteiger partial charge in [-0.1, -0.05) is 47.5 Å². The summed E-state index contributed by atoms with van der Waals surface area (Å²) in [5, 5.41) is 1.11. The molecule has 0 bridgehead atoms. The number of ether oxygens (including phenoxy) is 1. The van der Waals surface area contributed by atoms with Gasteiger partial charge in [0.2, 0.25) is 0 Å². The van der Waals surface area contributed by atoms with Crippen LogP contribution in [0.15, 0.2) is 42.5 Å². The van der Waals surface area contributed by atoms with Gasteiger partial charge in [0.05, 0.1) is 5.02 Å². The first-order chi connectivity index (χ1) is 8.69. The molecule has 18 heavy (non-hydrogen) atoms. The van der Waals surface area contributed by atoms with Gasteiger partial charge in [0.15, 0.2) is 0 Å². The Kier molecular flexibility index (Phi) is 4.48. The van der Waals surface area contributed by atoms with Crippen molar-refractivity contribution in [1.82, 2.24) is 0 Å². The SMILES string of the molecule is NCc1cccc(COc2ccc(Cl)cc2Cl)c1. The first kappa shape index (κ1) is 13.2. The van der Waals surface area contributed by atoms with E-state index < -0.39 is 0 Å². The number of rotatable bonds is 4. The molecule has 4 heteroatoms. The van der Waals surface area contributed by atoms with Gasteiger partial charge in [0, 0.05) is 11.6 Å². The van der Waals surface area contributed by atoms with Crippen molar-refractivity contribution in [3.05, 3.63) is 63.6 Å². The van der Waals surface area contributed by atoms with E-state index in [1.165, 1.54) is 0 Å². The largest absolute Gasteiger partial charge is 0.487 e. The maximum absolute atomic E-state index is 6.02. The highest BCUT2D eigenvalue weighted by atomic mass is 35.5. The number of benzene rings is 2. The second-order valence-electron chi connectivity index (χ2n) is 3.89. The molecule has 0 saturated heterocycles. The zero-order valence-corrected chi connectivity index (χ0v) is 11.2. The predicted octanol–water partition coefficient (Wildman–Crippen LogP) is 4.03. The van der Waals surface area contributed by atoms with Gasteiger partial charge in [-0.05, 0) is 29.3 Å². The third-order valence-electron chi connectivity index (χ3n) is 2.52. The van der Waals surface area contributed by atoms with Gasteiger partial charge in [-0.15, -0.1) is 0 Å². The highest BCUT2D eigenvalue weighted by Gasteiger charge is 2.03. The van der Waals surface area contributed by atoms with E-state index in [9.17, 15) is 0 Å². The lowest BCUT2D eigenvalue weighted by atomic mass is 10.1. The van der Waals surface area contributed by atoms with E-state index >= 15 is 0 Å². The number of hydrogen-bond acceptors (Lipinski definition) is 2. The van der Waals surface area contributed by atoms with E-state index in [1.807, 2.05) is 24.3 Å². The molecule has 0 heterocycles. The second-order valence-corrected chi connectivity index (χ2v) is 4.73. The van der Waals surface area contributed by atoms with E-state index in [2.05, 4.69) is 0 Å². The Morgan fingerprint density at radius 1 is 1.00 bits per heavy atom. The number of nitrogens with two attached hydrogens (primary N) is 1. The van der Waals surface area contributed by atoms with Crippen molar-refractivity contribution in [2.45, 2.75) is 13.2 Å². The van der Waals surface area contributed by atoms with Crippen LogP contribution in [-0.2, 0) is 13.2 Å². The molecule has 0 saturated carbocycles. The lowest BCUT2D eigenvalue weighted by Crippen LogP contribution is -2.00. The predicted molar refractivity (Wildman–Crippen MR) is 75.1 cm³/mol. The van der Waals surface area contributed by atoms with Crippen LogP contribution in [0.1, 0.15) is 11.1 Å². The Balaban J connectivity index is 2.06. The molecule has 0 aromatic heterocycles. The van der Waals surface area contributed by atoms with Crippen molar-refractivity contribution in [2.24, 2.45) is 5.73 Å². The molecule has 2 nitrogen and oxygen atoms in total. The summed E-state index contributed by atoms with van der Waals surface area (Å²) in [5.41, 5.74) is 7.73. The molecule has 0 spiro atoms. The Labute approximate surface area is 116 Å². The van der Waals surface area contributed by atoms with Gasteiger partial charge < -0.3 is 10.5 Å². The average Bonchev–Trinajstić information content (AvgIpc) is 2.38. The first-order valence-electron chi connectivity index (χ1n) is 5.55. The van der Waals surface area contributed by atoms with Crippen molar-refractivity contribution in [1.29, 1.82) is 0 Å². The van der Waals surface area contributed by atoms with Gasteiger partial charge in [0.25, 0.3) is 0 Å². The van der Waals surface area contributed by atoms with Crippen LogP contribution in [0.4, 0.5) is 0 Å². The van der Waals surface area contributed by atoms with Crippen molar-refractivity contribution < 1.29 is 4.74 Å². The smallest absolute Gasteiger partial charge is 0.138 e. The fraction of sp³-hybridized carbons (Fsp3) is 0.143. The lowest BCUT2D eigenvalue weighted by molar-refractivity contribution is 0.306. The minimum absolute atomic E-state index is 0.454. The molecular weight excluding hydrogens is 269 g/mol. The van der Waals surface area contributed by atoms with Gasteiger partial charge in [-0.25, -0.2) is 0 Å². The van der Waals surface area contributed by atoms with Crippen LogP contribution < -0.4 is 10.5 Å². The molecular formula is C14H13Cl2NO. The summed E-state index contributed by atoms with van der Waals surface area (Å²) in [4.78, 5) is 0. The molecule has 0 amide bonds. The van der Waals surface area contributed by atoms with Gasteiger partial charge in [0.1, 0.15) is 12.4 Å². The van der Waals surface area contributed by atoms with Crippen molar-refractivity contribution in [3.63, 3.8) is 0 Å². The molecule has 0 atom stereocenters. The minimum Gasteiger partial charge on any atom is -0.487 e. The van der Waals surface area contributed by atoms with Crippen LogP contribution in [0.5, 0.6) is 5.75 Å². The summed E-state index contributed by atoms with van der Waals surface area (Å²) < 4.78 is 5.65. The van der Waals surface area contributed by atoms with Crippen LogP contribution >= 0.6 is 23.2 Å². The number of hydrogen-bond donors (Lipinski definition) is 1.